The van der Waals surface area contributed by atoms with E-state index in [2.05, 4.69) is 13.0 Å². The number of hydrogen-bond donors (Lipinski definition) is 1. The van der Waals surface area contributed by atoms with Gasteiger partial charge >= 0.3 is 5.97 Å². The first-order chi connectivity index (χ1) is 7.13. The monoisotopic (exact) mass is 208 g/mol. The van der Waals surface area contributed by atoms with Crippen molar-refractivity contribution in [2.24, 2.45) is 11.8 Å². The molecule has 2 atom stereocenters. The van der Waals surface area contributed by atoms with Crippen molar-refractivity contribution >= 4 is 5.97 Å². The molecule has 1 N–H and O–H groups in total. The van der Waals surface area contributed by atoms with Crippen LogP contribution < -0.4 is 0 Å². The third-order valence-corrected chi connectivity index (χ3v) is 3.18. The van der Waals surface area contributed by atoms with Gasteiger partial charge in [0.2, 0.25) is 0 Å². The van der Waals surface area contributed by atoms with Crippen LogP contribution in [0.4, 0.5) is 0 Å². The standard InChI is InChI=1S/C12H16O3/c1-3-15-12(14)10-6-8-4-7(2)5-9(8)11(10)13/h4,8-9,13H,3,5-6H2,1-2H3/t8-,9-/m0/s1. The smallest absolute Gasteiger partial charge is 0.337 e. The van der Waals surface area contributed by atoms with E-state index in [1.165, 1.54) is 5.57 Å². The molecule has 0 aromatic rings. The first-order valence-corrected chi connectivity index (χ1v) is 5.40. The first kappa shape index (κ1) is 10.3. The second kappa shape index (κ2) is 3.72. The molecule has 3 nitrogen and oxygen atoms in total. The van der Waals surface area contributed by atoms with Crippen LogP contribution in [0.2, 0.25) is 0 Å². The lowest BCUT2D eigenvalue weighted by Gasteiger charge is -2.08. The molecule has 0 aromatic heterocycles. The highest BCUT2D eigenvalue weighted by Gasteiger charge is 2.39. The van der Waals surface area contributed by atoms with Gasteiger partial charge in [-0.15, -0.1) is 0 Å². The van der Waals surface area contributed by atoms with Gasteiger partial charge in [-0.05, 0) is 32.6 Å². The molecule has 2 rings (SSSR count). The largest absolute Gasteiger partial charge is 0.511 e. The number of allylic oxidation sites excluding steroid dienone is 3. The van der Waals surface area contributed by atoms with Gasteiger partial charge in [-0.2, -0.15) is 0 Å². The number of ether oxygens (including phenoxy) is 1. The molecular weight excluding hydrogens is 192 g/mol. The number of carbonyl (C=O) groups excluding carboxylic acids is 1. The number of rotatable bonds is 2. The minimum atomic E-state index is -0.351. The molecule has 15 heavy (non-hydrogen) atoms. The van der Waals surface area contributed by atoms with Gasteiger partial charge in [0.25, 0.3) is 0 Å². The second-order valence-electron chi connectivity index (χ2n) is 4.28. The molecule has 0 spiro atoms. The van der Waals surface area contributed by atoms with Crippen molar-refractivity contribution in [2.75, 3.05) is 6.61 Å². The molecule has 2 aliphatic rings. The summed E-state index contributed by atoms with van der Waals surface area (Å²) in [5, 5.41) is 9.92. The Morgan fingerprint density at radius 3 is 2.93 bits per heavy atom. The van der Waals surface area contributed by atoms with Gasteiger partial charge in [0.05, 0.1) is 12.2 Å². The molecule has 82 valence electrons. The molecule has 2 aliphatic carbocycles. The number of aliphatic hydroxyl groups excluding tert-OH is 1. The Kier molecular flexibility index (Phi) is 2.55. The van der Waals surface area contributed by atoms with Crippen molar-refractivity contribution < 1.29 is 14.6 Å². The molecule has 0 aliphatic heterocycles. The lowest BCUT2D eigenvalue weighted by Crippen LogP contribution is -2.08. The summed E-state index contributed by atoms with van der Waals surface area (Å²) in [5.41, 5.74) is 1.79. The quantitative estimate of drug-likeness (QED) is 0.559. The molecule has 0 heterocycles. The van der Waals surface area contributed by atoms with E-state index in [1.807, 2.05) is 0 Å². The van der Waals surface area contributed by atoms with Crippen LogP contribution in [-0.2, 0) is 9.53 Å². The van der Waals surface area contributed by atoms with Crippen LogP contribution >= 0.6 is 0 Å². The van der Waals surface area contributed by atoms with Gasteiger partial charge in [0.15, 0.2) is 0 Å². The lowest BCUT2D eigenvalue weighted by atomic mass is 9.98. The molecular formula is C12H16O3. The van der Waals surface area contributed by atoms with Gasteiger partial charge in [0, 0.05) is 5.92 Å². The van der Waals surface area contributed by atoms with Crippen molar-refractivity contribution in [3.05, 3.63) is 23.0 Å². The number of fused-ring (bicyclic) bond motifs is 1. The number of hydrogen-bond acceptors (Lipinski definition) is 3. The molecule has 0 fully saturated rings. The normalized spacial score (nSPS) is 29.1. The molecule has 0 unspecified atom stereocenters. The van der Waals surface area contributed by atoms with Crippen molar-refractivity contribution in [2.45, 2.75) is 26.7 Å². The van der Waals surface area contributed by atoms with Crippen molar-refractivity contribution in [1.82, 2.24) is 0 Å². The van der Waals surface area contributed by atoms with E-state index in [-0.39, 0.29) is 17.6 Å². The minimum absolute atomic E-state index is 0.129. The topological polar surface area (TPSA) is 46.5 Å². The summed E-state index contributed by atoms with van der Waals surface area (Å²) >= 11 is 0. The predicted octanol–water partition coefficient (Wildman–Crippen LogP) is 2.35. The Bertz CT molecular complexity index is 352. The zero-order chi connectivity index (χ0) is 11.0. The predicted molar refractivity (Wildman–Crippen MR) is 56.3 cm³/mol. The highest BCUT2D eigenvalue weighted by molar-refractivity contribution is 5.90. The fourth-order valence-corrected chi connectivity index (χ4v) is 2.52. The van der Waals surface area contributed by atoms with E-state index in [1.54, 1.807) is 6.92 Å². The van der Waals surface area contributed by atoms with Crippen LogP contribution in [0.5, 0.6) is 0 Å². The number of esters is 1. The van der Waals surface area contributed by atoms with Crippen LogP contribution in [0, 0.1) is 11.8 Å². The van der Waals surface area contributed by atoms with Crippen LogP contribution in [0.15, 0.2) is 23.0 Å². The average Bonchev–Trinajstić information content (AvgIpc) is 2.66. The van der Waals surface area contributed by atoms with Gasteiger partial charge in [-0.1, -0.05) is 11.6 Å². The molecule has 0 radical (unpaired) electrons. The Hall–Kier alpha value is -1.25. The fraction of sp³-hybridized carbons (Fsp3) is 0.583. The van der Waals surface area contributed by atoms with Crippen molar-refractivity contribution in [3.8, 4) is 0 Å². The number of carbonyl (C=O) groups is 1. The third kappa shape index (κ3) is 1.66. The van der Waals surface area contributed by atoms with E-state index in [0.29, 0.717) is 24.5 Å². The zero-order valence-corrected chi connectivity index (χ0v) is 9.12. The van der Waals surface area contributed by atoms with Crippen molar-refractivity contribution in [3.63, 3.8) is 0 Å². The van der Waals surface area contributed by atoms with Crippen LogP contribution in [0.3, 0.4) is 0 Å². The molecule has 0 saturated carbocycles. The lowest BCUT2D eigenvalue weighted by molar-refractivity contribution is -0.138. The SMILES string of the molecule is CCOC(=O)C1=C(O)[C@H]2CC(C)=C[C@H]2C1. The summed E-state index contributed by atoms with van der Waals surface area (Å²) in [6.07, 6.45) is 3.67. The maximum atomic E-state index is 11.5. The van der Waals surface area contributed by atoms with Crippen molar-refractivity contribution in [1.29, 1.82) is 0 Å². The van der Waals surface area contributed by atoms with E-state index in [9.17, 15) is 9.90 Å². The van der Waals surface area contributed by atoms with Crippen LogP contribution in [0.1, 0.15) is 26.7 Å². The maximum absolute atomic E-state index is 11.5. The Balaban J connectivity index is 2.14. The van der Waals surface area contributed by atoms with E-state index in [4.69, 9.17) is 4.74 Å². The first-order valence-electron chi connectivity index (χ1n) is 5.40. The summed E-state index contributed by atoms with van der Waals surface area (Å²) in [5.74, 6) is 0.343. The molecule has 0 bridgehead atoms. The summed E-state index contributed by atoms with van der Waals surface area (Å²) < 4.78 is 4.91. The Labute approximate surface area is 89.4 Å². The molecule has 3 heteroatoms. The van der Waals surface area contributed by atoms with Gasteiger partial charge in [-0.3, -0.25) is 0 Å². The molecule has 0 amide bonds. The van der Waals surface area contributed by atoms with Crippen LogP contribution in [0.25, 0.3) is 0 Å². The highest BCUT2D eigenvalue weighted by Crippen LogP contribution is 2.45. The second-order valence-corrected chi connectivity index (χ2v) is 4.28. The highest BCUT2D eigenvalue weighted by atomic mass is 16.5. The van der Waals surface area contributed by atoms with Gasteiger partial charge in [0.1, 0.15) is 5.76 Å². The van der Waals surface area contributed by atoms with Crippen LogP contribution in [-0.4, -0.2) is 17.7 Å². The maximum Gasteiger partial charge on any atom is 0.337 e. The summed E-state index contributed by atoms with van der Waals surface area (Å²) in [7, 11) is 0. The summed E-state index contributed by atoms with van der Waals surface area (Å²) in [6.45, 7) is 4.20. The molecule has 0 aromatic carbocycles. The van der Waals surface area contributed by atoms with E-state index >= 15 is 0 Å². The number of aliphatic hydroxyl groups is 1. The Morgan fingerprint density at radius 1 is 1.60 bits per heavy atom. The summed E-state index contributed by atoms with van der Waals surface area (Å²) in [6, 6.07) is 0. The Morgan fingerprint density at radius 2 is 2.33 bits per heavy atom. The zero-order valence-electron chi connectivity index (χ0n) is 9.12. The van der Waals surface area contributed by atoms with E-state index < -0.39 is 0 Å². The van der Waals surface area contributed by atoms with E-state index in [0.717, 1.165) is 6.42 Å². The van der Waals surface area contributed by atoms with Gasteiger partial charge < -0.3 is 9.84 Å². The fourth-order valence-electron chi connectivity index (χ4n) is 2.52. The third-order valence-electron chi connectivity index (χ3n) is 3.18. The summed E-state index contributed by atoms with van der Waals surface area (Å²) in [4.78, 5) is 11.5. The average molecular weight is 208 g/mol. The minimum Gasteiger partial charge on any atom is -0.511 e. The molecule has 0 saturated heterocycles. The van der Waals surface area contributed by atoms with Gasteiger partial charge in [-0.25, -0.2) is 4.79 Å².